The molecular weight excluding hydrogens is 250 g/mol. The predicted octanol–water partition coefficient (Wildman–Crippen LogP) is 4.12. The normalized spacial score (nSPS) is 12.3. The number of hydrogen-bond acceptors (Lipinski definition) is 2. The summed E-state index contributed by atoms with van der Waals surface area (Å²) in [7, 11) is 0. The fourth-order valence-corrected chi connectivity index (χ4v) is 1.67. The summed E-state index contributed by atoms with van der Waals surface area (Å²) in [6.45, 7) is 3.16. The largest absolute Gasteiger partial charge is 0.454 e. The first-order chi connectivity index (χ1) is 8.97. The van der Waals surface area contributed by atoms with E-state index in [1.54, 1.807) is 19.9 Å². The van der Waals surface area contributed by atoms with Crippen LogP contribution in [0.1, 0.15) is 24.2 Å². The van der Waals surface area contributed by atoms with Gasteiger partial charge in [0.2, 0.25) is 0 Å². The van der Waals surface area contributed by atoms with Crippen molar-refractivity contribution in [2.24, 2.45) is 0 Å². The molecule has 0 aliphatic rings. The van der Waals surface area contributed by atoms with Gasteiger partial charge < -0.3 is 9.84 Å². The molecule has 0 saturated carbocycles. The van der Waals surface area contributed by atoms with Crippen LogP contribution in [0.25, 0.3) is 0 Å². The fourth-order valence-electron chi connectivity index (χ4n) is 1.67. The Balaban J connectivity index is 2.25. The Morgan fingerprint density at radius 1 is 1.05 bits per heavy atom. The Kier molecular flexibility index (Phi) is 3.81. The summed E-state index contributed by atoms with van der Waals surface area (Å²) in [4.78, 5) is 0. The Hall–Kier alpha value is -1.94. The molecule has 0 bridgehead atoms. The van der Waals surface area contributed by atoms with Gasteiger partial charge in [-0.15, -0.1) is 0 Å². The smallest absolute Gasteiger partial charge is 0.166 e. The molecule has 0 amide bonds. The molecule has 0 saturated heterocycles. The molecule has 2 rings (SSSR count). The highest BCUT2D eigenvalue weighted by molar-refractivity contribution is 5.36. The number of benzene rings is 2. The van der Waals surface area contributed by atoms with Crippen molar-refractivity contribution >= 4 is 0 Å². The number of ether oxygens (including phenoxy) is 1. The van der Waals surface area contributed by atoms with E-state index in [1.165, 1.54) is 30.3 Å². The van der Waals surface area contributed by atoms with Gasteiger partial charge in [0.1, 0.15) is 11.6 Å². The summed E-state index contributed by atoms with van der Waals surface area (Å²) in [6, 6.07) is 8.44. The van der Waals surface area contributed by atoms with Gasteiger partial charge in [-0.1, -0.05) is 6.07 Å². The van der Waals surface area contributed by atoms with Crippen LogP contribution in [0.15, 0.2) is 36.4 Å². The molecule has 2 nitrogen and oxygen atoms in total. The van der Waals surface area contributed by atoms with E-state index < -0.39 is 11.9 Å². The van der Waals surface area contributed by atoms with Gasteiger partial charge in [-0.05, 0) is 55.3 Å². The van der Waals surface area contributed by atoms with Gasteiger partial charge in [0.25, 0.3) is 0 Å². The molecule has 1 unspecified atom stereocenters. The third kappa shape index (κ3) is 3.09. The molecule has 0 aromatic heterocycles. The molecule has 2 aromatic carbocycles. The van der Waals surface area contributed by atoms with Crippen molar-refractivity contribution in [3.05, 3.63) is 59.2 Å². The summed E-state index contributed by atoms with van der Waals surface area (Å²) >= 11 is 0. The fraction of sp³-hybridized carbons (Fsp3) is 0.200. The van der Waals surface area contributed by atoms with Crippen LogP contribution in [0, 0.1) is 18.6 Å². The number of halogens is 2. The summed E-state index contributed by atoms with van der Waals surface area (Å²) in [5.41, 5.74) is 0.902. The van der Waals surface area contributed by atoms with E-state index in [-0.39, 0.29) is 11.6 Å². The molecule has 1 N–H and O–H groups in total. The Morgan fingerprint density at radius 2 is 1.79 bits per heavy atom. The van der Waals surface area contributed by atoms with Crippen molar-refractivity contribution in [1.29, 1.82) is 0 Å². The molecule has 0 radical (unpaired) electrons. The highest BCUT2D eigenvalue weighted by Gasteiger charge is 2.09. The van der Waals surface area contributed by atoms with E-state index in [9.17, 15) is 13.9 Å². The van der Waals surface area contributed by atoms with Gasteiger partial charge in [-0.3, -0.25) is 0 Å². The van der Waals surface area contributed by atoms with E-state index in [0.717, 1.165) is 0 Å². The Bertz CT molecular complexity index is 595. The second kappa shape index (κ2) is 5.36. The highest BCUT2D eigenvalue weighted by atomic mass is 19.1. The topological polar surface area (TPSA) is 29.5 Å². The predicted molar refractivity (Wildman–Crippen MR) is 68.2 cm³/mol. The van der Waals surface area contributed by atoms with E-state index in [0.29, 0.717) is 16.9 Å². The van der Waals surface area contributed by atoms with Gasteiger partial charge in [-0.25, -0.2) is 8.78 Å². The Labute approximate surface area is 110 Å². The lowest BCUT2D eigenvalue weighted by molar-refractivity contribution is 0.198. The number of rotatable bonds is 3. The van der Waals surface area contributed by atoms with Gasteiger partial charge in [0.05, 0.1) is 6.10 Å². The van der Waals surface area contributed by atoms with Crippen molar-refractivity contribution in [1.82, 2.24) is 0 Å². The van der Waals surface area contributed by atoms with Crippen LogP contribution in [-0.4, -0.2) is 5.11 Å². The van der Waals surface area contributed by atoms with Crippen LogP contribution in [0.2, 0.25) is 0 Å². The van der Waals surface area contributed by atoms with Crippen molar-refractivity contribution in [3.8, 4) is 11.5 Å². The quantitative estimate of drug-likeness (QED) is 0.903. The van der Waals surface area contributed by atoms with Crippen molar-refractivity contribution in [3.63, 3.8) is 0 Å². The average Bonchev–Trinajstić information content (AvgIpc) is 2.36. The molecule has 0 aliphatic heterocycles. The first kappa shape index (κ1) is 13.5. The SMILES string of the molecule is Cc1cc(Oc2ccc(C(C)O)cc2F)ccc1F. The lowest BCUT2D eigenvalue weighted by Gasteiger charge is -2.10. The first-order valence-corrected chi connectivity index (χ1v) is 5.89. The minimum absolute atomic E-state index is 0.0374. The molecule has 1 atom stereocenters. The van der Waals surface area contributed by atoms with Gasteiger partial charge in [-0.2, -0.15) is 0 Å². The molecule has 0 fully saturated rings. The maximum Gasteiger partial charge on any atom is 0.166 e. The lowest BCUT2D eigenvalue weighted by atomic mass is 10.1. The van der Waals surface area contributed by atoms with Crippen LogP contribution in [0.5, 0.6) is 11.5 Å². The van der Waals surface area contributed by atoms with Gasteiger partial charge >= 0.3 is 0 Å². The van der Waals surface area contributed by atoms with Crippen molar-refractivity contribution < 1.29 is 18.6 Å². The minimum atomic E-state index is -0.739. The molecule has 0 aliphatic carbocycles. The standard InChI is InChI=1S/C15H14F2O2/c1-9-7-12(4-5-13(9)16)19-15-6-3-11(10(2)18)8-14(15)17/h3-8,10,18H,1-2H3. The van der Waals surface area contributed by atoms with E-state index in [1.807, 2.05) is 0 Å². The van der Waals surface area contributed by atoms with E-state index >= 15 is 0 Å². The zero-order chi connectivity index (χ0) is 14.0. The van der Waals surface area contributed by atoms with Crippen molar-refractivity contribution in [2.75, 3.05) is 0 Å². The van der Waals surface area contributed by atoms with E-state index in [4.69, 9.17) is 4.74 Å². The van der Waals surface area contributed by atoms with Gasteiger partial charge in [0, 0.05) is 0 Å². The van der Waals surface area contributed by atoms with Crippen LogP contribution in [0.3, 0.4) is 0 Å². The number of hydrogen-bond donors (Lipinski definition) is 1. The molecule has 19 heavy (non-hydrogen) atoms. The second-order valence-electron chi connectivity index (χ2n) is 4.38. The summed E-state index contributed by atoms with van der Waals surface area (Å²) in [5.74, 6) is -0.504. The molecule has 0 heterocycles. The number of aryl methyl sites for hydroxylation is 1. The van der Waals surface area contributed by atoms with Crippen molar-refractivity contribution in [2.45, 2.75) is 20.0 Å². The molecule has 0 spiro atoms. The molecule has 100 valence electrons. The summed E-state index contributed by atoms with van der Waals surface area (Å²) in [6.07, 6.45) is -0.739. The van der Waals surface area contributed by atoms with Crippen LogP contribution < -0.4 is 4.74 Å². The molecular formula is C15H14F2O2. The summed E-state index contributed by atoms with van der Waals surface area (Å²) < 4.78 is 32.2. The van der Waals surface area contributed by atoms with Gasteiger partial charge in [0.15, 0.2) is 11.6 Å². The Morgan fingerprint density at radius 3 is 2.37 bits per heavy atom. The van der Waals surface area contributed by atoms with Crippen LogP contribution in [-0.2, 0) is 0 Å². The van der Waals surface area contributed by atoms with Crippen LogP contribution in [0.4, 0.5) is 8.78 Å². The van der Waals surface area contributed by atoms with E-state index in [2.05, 4.69) is 0 Å². The lowest BCUT2D eigenvalue weighted by Crippen LogP contribution is -1.95. The maximum absolute atomic E-state index is 13.8. The zero-order valence-electron chi connectivity index (χ0n) is 10.7. The second-order valence-corrected chi connectivity index (χ2v) is 4.38. The first-order valence-electron chi connectivity index (χ1n) is 5.89. The third-order valence-electron chi connectivity index (χ3n) is 2.80. The summed E-state index contributed by atoms with van der Waals surface area (Å²) in [5, 5.41) is 9.35. The minimum Gasteiger partial charge on any atom is -0.454 e. The zero-order valence-corrected chi connectivity index (χ0v) is 10.7. The highest BCUT2D eigenvalue weighted by Crippen LogP contribution is 2.27. The number of aliphatic hydroxyl groups excluding tert-OH is 1. The monoisotopic (exact) mass is 264 g/mol. The number of aliphatic hydroxyl groups is 1. The third-order valence-corrected chi connectivity index (χ3v) is 2.80. The molecule has 4 heteroatoms. The maximum atomic E-state index is 13.8. The van der Waals surface area contributed by atoms with Crippen LogP contribution >= 0.6 is 0 Å². The molecule has 2 aromatic rings. The average molecular weight is 264 g/mol.